The first kappa shape index (κ1) is 20.8. The molecule has 4 rings (SSSR count). The molecule has 1 aliphatic rings. The molecule has 0 spiro atoms. The van der Waals surface area contributed by atoms with E-state index in [-0.39, 0.29) is 41.8 Å². The summed E-state index contributed by atoms with van der Waals surface area (Å²) < 4.78 is 16.0. The average molecular weight is 515 g/mol. The van der Waals surface area contributed by atoms with E-state index < -0.39 is 0 Å². The number of aromatic nitrogens is 3. The Morgan fingerprint density at radius 2 is 2.14 bits per heavy atom. The van der Waals surface area contributed by atoms with Gasteiger partial charge in [-0.05, 0) is 37.6 Å². The van der Waals surface area contributed by atoms with Gasteiger partial charge in [0.2, 0.25) is 0 Å². The van der Waals surface area contributed by atoms with Crippen molar-refractivity contribution in [2.45, 2.75) is 31.8 Å². The SMILES string of the molecule is CCNC(=NCc1nnc2ccccn12)NC1CC1c1c(F)cccc1Cl.I. The van der Waals surface area contributed by atoms with Crippen LogP contribution in [0.3, 0.4) is 0 Å². The van der Waals surface area contributed by atoms with Crippen molar-refractivity contribution in [3.05, 3.63) is 64.8 Å². The molecular formula is C19H21ClFIN6. The van der Waals surface area contributed by atoms with E-state index in [4.69, 9.17) is 11.6 Å². The van der Waals surface area contributed by atoms with Gasteiger partial charge in [-0.1, -0.05) is 23.7 Å². The highest BCUT2D eigenvalue weighted by molar-refractivity contribution is 14.0. The second-order valence-corrected chi connectivity index (χ2v) is 6.88. The third kappa shape index (κ3) is 4.38. The van der Waals surface area contributed by atoms with Crippen molar-refractivity contribution in [2.24, 2.45) is 4.99 Å². The maximum absolute atomic E-state index is 14.1. The van der Waals surface area contributed by atoms with Crippen LogP contribution in [0.25, 0.3) is 5.65 Å². The fourth-order valence-electron chi connectivity index (χ4n) is 3.18. The van der Waals surface area contributed by atoms with Gasteiger partial charge in [0, 0.05) is 35.3 Å². The number of nitrogens with zero attached hydrogens (tertiary/aromatic N) is 4. The van der Waals surface area contributed by atoms with E-state index in [2.05, 4.69) is 25.8 Å². The standard InChI is InChI=1S/C19H20ClFN6.HI/c1-2-22-19(23-11-17-26-25-16-8-3-4-9-27(16)17)24-15-10-12(15)18-13(20)6-5-7-14(18)21;/h3-9,12,15H,2,10-11H2,1H3,(H2,22,23,24);1H. The lowest BCUT2D eigenvalue weighted by Gasteiger charge is -2.12. The molecule has 6 nitrogen and oxygen atoms in total. The van der Waals surface area contributed by atoms with Gasteiger partial charge in [-0.15, -0.1) is 34.2 Å². The van der Waals surface area contributed by atoms with Gasteiger partial charge in [0.1, 0.15) is 12.4 Å². The second-order valence-electron chi connectivity index (χ2n) is 6.47. The minimum absolute atomic E-state index is 0. The zero-order valence-corrected chi connectivity index (χ0v) is 18.4. The van der Waals surface area contributed by atoms with Crippen LogP contribution >= 0.6 is 35.6 Å². The zero-order valence-electron chi connectivity index (χ0n) is 15.3. The van der Waals surface area contributed by atoms with Gasteiger partial charge in [-0.3, -0.25) is 4.40 Å². The van der Waals surface area contributed by atoms with Gasteiger partial charge < -0.3 is 10.6 Å². The molecule has 0 amide bonds. The van der Waals surface area contributed by atoms with Crippen molar-refractivity contribution in [3.8, 4) is 0 Å². The van der Waals surface area contributed by atoms with E-state index in [0.29, 0.717) is 23.1 Å². The van der Waals surface area contributed by atoms with Crippen LogP contribution in [0, 0.1) is 5.82 Å². The average Bonchev–Trinajstić information content (AvgIpc) is 3.27. The predicted octanol–water partition coefficient (Wildman–Crippen LogP) is 3.75. The normalized spacial score (nSPS) is 18.6. The van der Waals surface area contributed by atoms with Crippen molar-refractivity contribution >= 4 is 47.2 Å². The highest BCUT2D eigenvalue weighted by Crippen LogP contribution is 2.44. The predicted molar refractivity (Wildman–Crippen MR) is 119 cm³/mol. The molecule has 28 heavy (non-hydrogen) atoms. The number of fused-ring (bicyclic) bond motifs is 1. The van der Waals surface area contributed by atoms with Gasteiger partial charge >= 0.3 is 0 Å². The highest BCUT2D eigenvalue weighted by Gasteiger charge is 2.41. The molecule has 0 radical (unpaired) electrons. The molecule has 2 unspecified atom stereocenters. The third-order valence-corrected chi connectivity index (χ3v) is 4.92. The van der Waals surface area contributed by atoms with Crippen molar-refractivity contribution < 1.29 is 4.39 Å². The monoisotopic (exact) mass is 514 g/mol. The fraction of sp³-hybridized carbons (Fsp3) is 0.316. The molecule has 0 aliphatic heterocycles. The van der Waals surface area contributed by atoms with Crippen LogP contribution in [0.15, 0.2) is 47.6 Å². The van der Waals surface area contributed by atoms with E-state index >= 15 is 0 Å². The topological polar surface area (TPSA) is 66.6 Å². The number of hydrogen-bond acceptors (Lipinski definition) is 3. The van der Waals surface area contributed by atoms with Crippen molar-refractivity contribution in [2.75, 3.05) is 6.54 Å². The van der Waals surface area contributed by atoms with E-state index in [9.17, 15) is 4.39 Å². The van der Waals surface area contributed by atoms with Gasteiger partial charge in [-0.25, -0.2) is 9.38 Å². The molecule has 9 heteroatoms. The Morgan fingerprint density at radius 3 is 2.93 bits per heavy atom. The molecule has 1 aromatic carbocycles. The second kappa shape index (κ2) is 9.04. The first-order valence-electron chi connectivity index (χ1n) is 8.94. The van der Waals surface area contributed by atoms with Crippen molar-refractivity contribution in [3.63, 3.8) is 0 Å². The lowest BCUT2D eigenvalue weighted by Crippen LogP contribution is -2.39. The van der Waals surface area contributed by atoms with Crippen LogP contribution in [0.4, 0.5) is 4.39 Å². The first-order valence-corrected chi connectivity index (χ1v) is 9.32. The Labute approximate surface area is 184 Å². The van der Waals surface area contributed by atoms with Crippen LogP contribution in [0.2, 0.25) is 5.02 Å². The van der Waals surface area contributed by atoms with Crippen LogP contribution in [0.1, 0.15) is 30.7 Å². The van der Waals surface area contributed by atoms with Crippen molar-refractivity contribution in [1.82, 2.24) is 25.2 Å². The maximum atomic E-state index is 14.1. The molecule has 148 valence electrons. The summed E-state index contributed by atoms with van der Waals surface area (Å²) in [5.74, 6) is 1.22. The first-order chi connectivity index (χ1) is 13.2. The largest absolute Gasteiger partial charge is 0.357 e. The third-order valence-electron chi connectivity index (χ3n) is 4.59. The number of guanidine groups is 1. The number of nitrogens with one attached hydrogen (secondary N) is 2. The number of rotatable bonds is 5. The van der Waals surface area contributed by atoms with Crippen LogP contribution in [-0.2, 0) is 6.54 Å². The number of benzene rings is 1. The number of halogens is 3. The molecule has 1 fully saturated rings. The summed E-state index contributed by atoms with van der Waals surface area (Å²) in [5.41, 5.74) is 1.37. The lowest BCUT2D eigenvalue weighted by atomic mass is 10.1. The summed E-state index contributed by atoms with van der Waals surface area (Å²) in [6, 6.07) is 10.7. The van der Waals surface area contributed by atoms with E-state index in [1.54, 1.807) is 12.1 Å². The van der Waals surface area contributed by atoms with E-state index in [1.807, 2.05) is 35.7 Å². The van der Waals surface area contributed by atoms with Crippen LogP contribution < -0.4 is 10.6 Å². The van der Waals surface area contributed by atoms with Gasteiger partial charge in [0.25, 0.3) is 0 Å². The Hall–Kier alpha value is -1.94. The fourth-order valence-corrected chi connectivity index (χ4v) is 3.49. The molecule has 2 aromatic heterocycles. The van der Waals surface area contributed by atoms with Gasteiger partial charge in [0.15, 0.2) is 17.4 Å². The summed E-state index contributed by atoms with van der Waals surface area (Å²) in [7, 11) is 0. The zero-order chi connectivity index (χ0) is 18.8. The van der Waals surface area contributed by atoms with Gasteiger partial charge in [-0.2, -0.15) is 0 Å². The molecule has 2 atom stereocenters. The minimum Gasteiger partial charge on any atom is -0.357 e. The summed E-state index contributed by atoms with van der Waals surface area (Å²) >= 11 is 6.18. The number of aliphatic imine (C=N–C) groups is 1. The molecule has 0 bridgehead atoms. The Balaban J connectivity index is 0.00000225. The highest BCUT2D eigenvalue weighted by atomic mass is 127. The molecule has 2 heterocycles. The summed E-state index contributed by atoms with van der Waals surface area (Å²) in [4.78, 5) is 4.60. The number of pyridine rings is 1. The molecule has 1 aliphatic carbocycles. The Morgan fingerprint density at radius 1 is 1.29 bits per heavy atom. The van der Waals surface area contributed by atoms with Crippen LogP contribution in [0.5, 0.6) is 0 Å². The summed E-state index contributed by atoms with van der Waals surface area (Å²) in [6.45, 7) is 3.12. The quantitative estimate of drug-likeness (QED) is 0.309. The molecular weight excluding hydrogens is 494 g/mol. The molecule has 1 saturated carbocycles. The minimum atomic E-state index is -0.256. The lowest BCUT2D eigenvalue weighted by molar-refractivity contribution is 0.608. The van der Waals surface area contributed by atoms with Crippen molar-refractivity contribution in [1.29, 1.82) is 0 Å². The van der Waals surface area contributed by atoms with Crippen LogP contribution in [-0.4, -0.2) is 33.1 Å². The molecule has 3 aromatic rings. The Kier molecular flexibility index (Phi) is 6.71. The maximum Gasteiger partial charge on any atom is 0.191 e. The summed E-state index contributed by atoms with van der Waals surface area (Å²) in [5, 5.41) is 15.4. The Bertz CT molecular complexity index is 971. The molecule has 0 saturated heterocycles. The summed E-state index contributed by atoms with van der Waals surface area (Å²) in [6.07, 6.45) is 2.73. The number of hydrogen-bond donors (Lipinski definition) is 2. The molecule has 2 N–H and O–H groups in total. The smallest absolute Gasteiger partial charge is 0.191 e. The van der Waals surface area contributed by atoms with E-state index in [1.165, 1.54) is 6.07 Å². The van der Waals surface area contributed by atoms with E-state index in [0.717, 1.165) is 24.4 Å². The van der Waals surface area contributed by atoms with Gasteiger partial charge in [0.05, 0.1) is 0 Å².